The zero-order valence-electron chi connectivity index (χ0n) is 24.7. The molecular formula is C29H48N2O11. The van der Waals surface area contributed by atoms with Crippen molar-refractivity contribution in [2.24, 2.45) is 17.8 Å². The number of aliphatic carboxylic acids is 2. The van der Waals surface area contributed by atoms with Gasteiger partial charge in [0.1, 0.15) is 12.4 Å². The Morgan fingerprint density at radius 3 is 2.14 bits per heavy atom. The molecule has 1 aliphatic rings. The third kappa shape index (κ3) is 18.5. The second kappa shape index (κ2) is 22.7. The fraction of sp³-hybridized carbons (Fsp3) is 0.793. The zero-order chi connectivity index (χ0) is 31.2. The summed E-state index contributed by atoms with van der Waals surface area (Å²) in [5, 5.41) is 23.7. The largest absolute Gasteiger partial charge is 0.481 e. The number of carbonyl (C=O) groups is 6. The molecule has 1 atom stereocenters. The van der Waals surface area contributed by atoms with Gasteiger partial charge in [0.15, 0.2) is 5.78 Å². The molecule has 0 aliphatic heterocycles. The summed E-state index contributed by atoms with van der Waals surface area (Å²) in [7, 11) is 1.58. The summed E-state index contributed by atoms with van der Waals surface area (Å²) >= 11 is 0. The number of ether oxygens (including phenoxy) is 3. The quantitative estimate of drug-likeness (QED) is 0.111. The zero-order valence-corrected chi connectivity index (χ0v) is 24.7. The van der Waals surface area contributed by atoms with Gasteiger partial charge in [-0.05, 0) is 50.9 Å². The van der Waals surface area contributed by atoms with Crippen molar-refractivity contribution < 1.29 is 53.2 Å². The van der Waals surface area contributed by atoms with Crippen molar-refractivity contribution >= 4 is 35.3 Å². The molecule has 1 aliphatic carbocycles. The molecule has 240 valence electrons. The number of rotatable bonds is 25. The Morgan fingerprint density at radius 1 is 0.786 bits per heavy atom. The molecule has 0 bridgehead atoms. The van der Waals surface area contributed by atoms with Crippen LogP contribution in [0.5, 0.6) is 0 Å². The van der Waals surface area contributed by atoms with Crippen molar-refractivity contribution in [3.63, 3.8) is 0 Å². The number of hydrogen-bond acceptors (Lipinski definition) is 9. The van der Waals surface area contributed by atoms with Gasteiger partial charge < -0.3 is 35.1 Å². The predicted molar refractivity (Wildman–Crippen MR) is 151 cm³/mol. The van der Waals surface area contributed by atoms with Gasteiger partial charge >= 0.3 is 11.9 Å². The van der Waals surface area contributed by atoms with Crippen LogP contribution in [0.4, 0.5) is 0 Å². The van der Waals surface area contributed by atoms with E-state index in [1.54, 1.807) is 7.11 Å². The van der Waals surface area contributed by atoms with Gasteiger partial charge in [0.2, 0.25) is 11.8 Å². The van der Waals surface area contributed by atoms with E-state index in [4.69, 9.17) is 19.3 Å². The monoisotopic (exact) mass is 600 g/mol. The molecule has 0 heterocycles. The lowest BCUT2D eigenvalue weighted by Gasteiger charge is -2.28. The van der Waals surface area contributed by atoms with Gasteiger partial charge in [-0.15, -0.1) is 0 Å². The lowest BCUT2D eigenvalue weighted by Crippen LogP contribution is -2.33. The number of Topliss-reactive ketones (excluding diaryl/α,β-unsaturated/α-hetero) is 2. The Labute approximate surface area is 247 Å². The van der Waals surface area contributed by atoms with Crippen molar-refractivity contribution in [3.8, 4) is 0 Å². The van der Waals surface area contributed by atoms with Crippen LogP contribution in [-0.2, 0) is 43.0 Å². The number of ketones is 2. The van der Waals surface area contributed by atoms with Crippen LogP contribution in [0.15, 0.2) is 0 Å². The first-order valence-corrected chi connectivity index (χ1v) is 14.8. The van der Waals surface area contributed by atoms with E-state index in [0.29, 0.717) is 45.3 Å². The van der Waals surface area contributed by atoms with E-state index < -0.39 is 17.9 Å². The SMILES string of the molecule is COCCCC(=O)COCCOCCNC(=O)CCC(CC(=O)C1CCC(CNC(=O)CCCC(=O)O)CC1)C(=O)O. The highest BCUT2D eigenvalue weighted by Gasteiger charge is 2.30. The van der Waals surface area contributed by atoms with E-state index in [-0.39, 0.29) is 100 Å². The van der Waals surface area contributed by atoms with Crippen LogP contribution >= 0.6 is 0 Å². The molecule has 0 spiro atoms. The van der Waals surface area contributed by atoms with E-state index in [1.807, 2.05) is 0 Å². The normalized spacial score (nSPS) is 17.3. The summed E-state index contributed by atoms with van der Waals surface area (Å²) in [6, 6.07) is 0. The predicted octanol–water partition coefficient (Wildman–Crippen LogP) is 1.75. The topological polar surface area (TPSA) is 195 Å². The van der Waals surface area contributed by atoms with Gasteiger partial charge in [0.25, 0.3) is 0 Å². The highest BCUT2D eigenvalue weighted by molar-refractivity contribution is 5.86. The minimum atomic E-state index is -1.10. The van der Waals surface area contributed by atoms with E-state index in [9.17, 15) is 33.9 Å². The number of carboxylic acid groups (broad SMARTS) is 2. The number of amides is 2. The summed E-state index contributed by atoms with van der Waals surface area (Å²) in [6.45, 7) is 2.06. The fourth-order valence-electron chi connectivity index (χ4n) is 4.71. The van der Waals surface area contributed by atoms with Gasteiger partial charge in [-0.1, -0.05) is 0 Å². The van der Waals surface area contributed by atoms with Gasteiger partial charge in [-0.25, -0.2) is 0 Å². The minimum Gasteiger partial charge on any atom is -0.481 e. The molecule has 1 saturated carbocycles. The lowest BCUT2D eigenvalue weighted by molar-refractivity contribution is -0.145. The third-order valence-corrected chi connectivity index (χ3v) is 7.21. The molecule has 1 fully saturated rings. The Hall–Kier alpha value is -2.90. The molecule has 1 unspecified atom stereocenters. The van der Waals surface area contributed by atoms with Crippen molar-refractivity contribution in [1.29, 1.82) is 0 Å². The maximum Gasteiger partial charge on any atom is 0.306 e. The van der Waals surface area contributed by atoms with Crippen molar-refractivity contribution in [3.05, 3.63) is 0 Å². The van der Waals surface area contributed by atoms with Crippen molar-refractivity contribution in [1.82, 2.24) is 10.6 Å². The van der Waals surface area contributed by atoms with E-state index >= 15 is 0 Å². The maximum absolute atomic E-state index is 12.8. The van der Waals surface area contributed by atoms with E-state index in [0.717, 1.165) is 12.8 Å². The summed E-state index contributed by atoms with van der Waals surface area (Å²) in [6.07, 6.45) is 4.14. The maximum atomic E-state index is 12.8. The second-order valence-corrected chi connectivity index (χ2v) is 10.7. The summed E-state index contributed by atoms with van der Waals surface area (Å²) in [4.78, 5) is 70.6. The number of carbonyl (C=O) groups excluding carboxylic acids is 4. The van der Waals surface area contributed by atoms with Crippen LogP contribution in [0.2, 0.25) is 0 Å². The van der Waals surface area contributed by atoms with Gasteiger partial charge in [-0.3, -0.25) is 28.8 Å². The van der Waals surface area contributed by atoms with E-state index in [2.05, 4.69) is 10.6 Å². The Kier molecular flexibility index (Phi) is 20.0. The molecule has 0 saturated heterocycles. The summed E-state index contributed by atoms with van der Waals surface area (Å²) in [5.41, 5.74) is 0. The van der Waals surface area contributed by atoms with Gasteiger partial charge in [0, 0.05) is 64.8 Å². The number of hydrogen-bond donors (Lipinski definition) is 4. The smallest absolute Gasteiger partial charge is 0.306 e. The van der Waals surface area contributed by atoms with Gasteiger partial charge in [-0.2, -0.15) is 0 Å². The highest BCUT2D eigenvalue weighted by Crippen LogP contribution is 2.31. The first-order valence-electron chi connectivity index (χ1n) is 14.8. The van der Waals surface area contributed by atoms with Gasteiger partial charge in [0.05, 0.1) is 25.7 Å². The van der Waals surface area contributed by atoms with Crippen LogP contribution in [-0.4, -0.2) is 98.8 Å². The van der Waals surface area contributed by atoms with Crippen LogP contribution in [0.25, 0.3) is 0 Å². The molecule has 13 heteroatoms. The first-order chi connectivity index (χ1) is 20.1. The van der Waals surface area contributed by atoms with Crippen molar-refractivity contribution in [2.45, 2.75) is 77.0 Å². The summed E-state index contributed by atoms with van der Waals surface area (Å²) < 4.78 is 15.5. The number of methoxy groups -OCH3 is 1. The van der Waals surface area contributed by atoms with Crippen LogP contribution < -0.4 is 10.6 Å². The molecule has 2 amide bonds. The highest BCUT2D eigenvalue weighted by atomic mass is 16.5. The molecule has 0 radical (unpaired) electrons. The van der Waals surface area contributed by atoms with Crippen LogP contribution in [0, 0.1) is 17.8 Å². The van der Waals surface area contributed by atoms with Crippen LogP contribution in [0.3, 0.4) is 0 Å². The van der Waals surface area contributed by atoms with Crippen molar-refractivity contribution in [2.75, 3.05) is 53.2 Å². The molecule has 4 N–H and O–H groups in total. The Morgan fingerprint density at radius 2 is 1.48 bits per heavy atom. The fourth-order valence-corrected chi connectivity index (χ4v) is 4.71. The average molecular weight is 601 g/mol. The third-order valence-electron chi connectivity index (χ3n) is 7.21. The molecule has 0 aromatic heterocycles. The number of carboxylic acids is 2. The molecule has 0 aromatic rings. The Balaban J connectivity index is 2.17. The molecule has 0 aromatic carbocycles. The number of nitrogens with one attached hydrogen (secondary N) is 2. The molecule has 42 heavy (non-hydrogen) atoms. The summed E-state index contributed by atoms with van der Waals surface area (Å²) in [5.74, 6) is -3.57. The lowest BCUT2D eigenvalue weighted by atomic mass is 9.78. The van der Waals surface area contributed by atoms with E-state index in [1.165, 1.54) is 0 Å². The molecule has 13 nitrogen and oxygen atoms in total. The standard InChI is InChI=1S/C29H48N2O11/c1-40-14-3-4-24(32)20-42-17-16-41-15-13-30-27(35)12-11-23(29(38)39)18-25(33)22-9-7-21(8-10-22)19-31-26(34)5-2-6-28(36)37/h21-23H,2-20H2,1H3,(H,30,35)(H,31,34)(H,36,37)(H,38,39). The molecular weight excluding hydrogens is 552 g/mol. The van der Waals surface area contributed by atoms with Crippen LogP contribution in [0.1, 0.15) is 77.0 Å². The molecule has 1 rings (SSSR count). The second-order valence-electron chi connectivity index (χ2n) is 10.7. The minimum absolute atomic E-state index is 0.000872. The average Bonchev–Trinajstić information content (AvgIpc) is 2.95. The first kappa shape index (κ1) is 37.1. The Bertz CT molecular complexity index is 857.